The van der Waals surface area contributed by atoms with E-state index in [-0.39, 0.29) is 19.0 Å². The summed E-state index contributed by atoms with van der Waals surface area (Å²) in [7, 11) is -3.22. The number of aryl methyl sites for hydroxylation is 1. The molecule has 1 amide bonds. The van der Waals surface area contributed by atoms with Crippen molar-refractivity contribution in [1.82, 2.24) is 10.0 Å². The quantitative estimate of drug-likeness (QED) is 0.627. The number of anilines is 1. The molecule has 0 aliphatic heterocycles. The molecule has 0 unspecified atom stereocenters. The van der Waals surface area contributed by atoms with E-state index in [0.717, 1.165) is 30.5 Å². The maximum absolute atomic E-state index is 12.0. The van der Waals surface area contributed by atoms with Crippen molar-refractivity contribution in [3.05, 3.63) is 29.3 Å². The van der Waals surface area contributed by atoms with Gasteiger partial charge in [-0.1, -0.05) is 6.92 Å². The zero-order valence-electron chi connectivity index (χ0n) is 12.7. The lowest BCUT2D eigenvalue weighted by Gasteiger charge is -2.10. The molecule has 0 aliphatic carbocycles. The van der Waals surface area contributed by atoms with Gasteiger partial charge in [-0.25, -0.2) is 13.1 Å². The highest BCUT2D eigenvalue weighted by Crippen LogP contribution is 2.15. The number of nitrogens with one attached hydrogen (secondary N) is 3. The molecule has 0 heterocycles. The van der Waals surface area contributed by atoms with Gasteiger partial charge in [0.25, 0.3) is 5.91 Å². The van der Waals surface area contributed by atoms with Crippen molar-refractivity contribution in [2.75, 3.05) is 31.2 Å². The average Bonchev–Trinajstić information content (AvgIpc) is 2.40. The molecule has 0 saturated carbocycles. The molecule has 0 aliphatic rings. The molecule has 0 bridgehead atoms. The fourth-order valence-corrected chi connectivity index (χ4v) is 2.28. The predicted octanol–water partition coefficient (Wildman–Crippen LogP) is 1.10. The first-order chi connectivity index (χ1) is 9.83. The largest absolute Gasteiger partial charge is 0.385 e. The van der Waals surface area contributed by atoms with E-state index in [0.29, 0.717) is 5.56 Å². The van der Waals surface area contributed by atoms with Gasteiger partial charge in [-0.15, -0.1) is 0 Å². The third-order valence-corrected chi connectivity index (χ3v) is 3.55. The Kier molecular flexibility index (Phi) is 6.64. The van der Waals surface area contributed by atoms with Gasteiger partial charge in [-0.05, 0) is 37.1 Å². The lowest BCUT2D eigenvalue weighted by atomic mass is 10.1. The van der Waals surface area contributed by atoms with Crippen LogP contribution in [0.5, 0.6) is 0 Å². The summed E-state index contributed by atoms with van der Waals surface area (Å²) in [6.07, 6.45) is 2.12. The summed E-state index contributed by atoms with van der Waals surface area (Å²) in [6, 6.07) is 5.57. The van der Waals surface area contributed by atoms with Gasteiger partial charge in [0, 0.05) is 30.9 Å². The number of carbonyl (C=O) groups excluding carboxylic acids is 1. The minimum absolute atomic E-state index is 0.180. The lowest BCUT2D eigenvalue weighted by molar-refractivity contribution is 0.0953. The molecule has 1 aromatic rings. The van der Waals surface area contributed by atoms with Crippen molar-refractivity contribution in [3.63, 3.8) is 0 Å². The molecule has 6 nitrogen and oxygen atoms in total. The third-order valence-electron chi connectivity index (χ3n) is 2.82. The van der Waals surface area contributed by atoms with Gasteiger partial charge in [-0.3, -0.25) is 4.79 Å². The van der Waals surface area contributed by atoms with E-state index < -0.39 is 10.0 Å². The first-order valence-corrected chi connectivity index (χ1v) is 8.80. The second-order valence-electron chi connectivity index (χ2n) is 4.88. The summed E-state index contributed by atoms with van der Waals surface area (Å²) >= 11 is 0. The first kappa shape index (κ1) is 17.5. The summed E-state index contributed by atoms with van der Waals surface area (Å²) in [5.41, 5.74) is 2.46. The van der Waals surface area contributed by atoms with Crippen molar-refractivity contribution in [1.29, 1.82) is 0 Å². The van der Waals surface area contributed by atoms with Crippen molar-refractivity contribution in [2.24, 2.45) is 0 Å². The molecule has 0 fully saturated rings. The summed E-state index contributed by atoms with van der Waals surface area (Å²) < 4.78 is 24.1. The van der Waals surface area contributed by atoms with E-state index in [1.807, 2.05) is 19.1 Å². The molecule has 0 aromatic heterocycles. The summed E-state index contributed by atoms with van der Waals surface area (Å²) in [4.78, 5) is 12.0. The van der Waals surface area contributed by atoms with Gasteiger partial charge in [0.2, 0.25) is 10.0 Å². The fraction of sp³-hybridized carbons (Fsp3) is 0.500. The average molecular weight is 313 g/mol. The maximum Gasteiger partial charge on any atom is 0.251 e. The molecular formula is C14H23N3O3S. The molecule has 21 heavy (non-hydrogen) atoms. The Morgan fingerprint density at radius 1 is 1.19 bits per heavy atom. The summed E-state index contributed by atoms with van der Waals surface area (Å²) in [5, 5.41) is 5.95. The van der Waals surface area contributed by atoms with Gasteiger partial charge < -0.3 is 10.6 Å². The number of benzene rings is 1. The van der Waals surface area contributed by atoms with Crippen molar-refractivity contribution < 1.29 is 13.2 Å². The number of hydrogen-bond acceptors (Lipinski definition) is 4. The second kappa shape index (κ2) is 7.99. The van der Waals surface area contributed by atoms with Crippen LogP contribution in [0.4, 0.5) is 5.69 Å². The van der Waals surface area contributed by atoms with Gasteiger partial charge in [0.05, 0.1) is 6.26 Å². The van der Waals surface area contributed by atoms with Crippen LogP contribution in [0.25, 0.3) is 0 Å². The van der Waals surface area contributed by atoms with Crippen LogP contribution in [0.1, 0.15) is 29.3 Å². The topological polar surface area (TPSA) is 87.3 Å². The summed E-state index contributed by atoms with van der Waals surface area (Å²) in [5.74, 6) is -0.204. The molecule has 7 heteroatoms. The minimum atomic E-state index is -3.22. The molecule has 0 saturated heterocycles. The van der Waals surface area contributed by atoms with E-state index in [4.69, 9.17) is 0 Å². The number of carbonyl (C=O) groups is 1. The standard InChI is InChI=1S/C14H23N3O3S/c1-4-7-15-12-5-6-13(11(2)10-12)14(18)16-8-9-17-21(3,19)20/h5-6,10,15,17H,4,7-9H2,1-3H3,(H,16,18). The second-order valence-corrected chi connectivity index (χ2v) is 6.71. The number of amides is 1. The smallest absolute Gasteiger partial charge is 0.251 e. The minimum Gasteiger partial charge on any atom is -0.385 e. The SMILES string of the molecule is CCCNc1ccc(C(=O)NCCNS(C)(=O)=O)c(C)c1. The zero-order valence-corrected chi connectivity index (χ0v) is 13.5. The fourth-order valence-electron chi connectivity index (χ4n) is 1.81. The van der Waals surface area contributed by atoms with Crippen LogP contribution in [0, 0.1) is 6.92 Å². The van der Waals surface area contributed by atoms with Crippen LogP contribution in [-0.4, -0.2) is 40.2 Å². The number of rotatable bonds is 8. The normalized spacial score (nSPS) is 11.2. The molecule has 118 valence electrons. The Morgan fingerprint density at radius 3 is 2.48 bits per heavy atom. The first-order valence-electron chi connectivity index (χ1n) is 6.91. The van der Waals surface area contributed by atoms with Crippen molar-refractivity contribution >= 4 is 21.6 Å². The van der Waals surface area contributed by atoms with Crippen LogP contribution < -0.4 is 15.4 Å². The van der Waals surface area contributed by atoms with Gasteiger partial charge in [-0.2, -0.15) is 0 Å². The van der Waals surface area contributed by atoms with Crippen LogP contribution in [-0.2, 0) is 10.0 Å². The van der Waals surface area contributed by atoms with E-state index in [1.165, 1.54) is 0 Å². The molecule has 0 spiro atoms. The predicted molar refractivity (Wildman–Crippen MR) is 85.1 cm³/mol. The van der Waals surface area contributed by atoms with Crippen LogP contribution >= 0.6 is 0 Å². The van der Waals surface area contributed by atoms with E-state index in [1.54, 1.807) is 6.07 Å². The Labute approximate surface area is 126 Å². The lowest BCUT2D eigenvalue weighted by Crippen LogP contribution is -2.34. The van der Waals surface area contributed by atoms with Gasteiger partial charge >= 0.3 is 0 Å². The van der Waals surface area contributed by atoms with Crippen molar-refractivity contribution in [2.45, 2.75) is 20.3 Å². The van der Waals surface area contributed by atoms with Crippen LogP contribution in [0.2, 0.25) is 0 Å². The molecule has 0 atom stereocenters. The van der Waals surface area contributed by atoms with Crippen LogP contribution in [0.3, 0.4) is 0 Å². The maximum atomic E-state index is 12.0. The van der Waals surface area contributed by atoms with Gasteiger partial charge in [0.15, 0.2) is 0 Å². The molecule has 3 N–H and O–H groups in total. The third kappa shape index (κ3) is 6.59. The highest BCUT2D eigenvalue weighted by Gasteiger charge is 2.09. The monoisotopic (exact) mass is 313 g/mol. The number of hydrogen-bond donors (Lipinski definition) is 3. The van der Waals surface area contributed by atoms with Crippen LogP contribution in [0.15, 0.2) is 18.2 Å². The van der Waals surface area contributed by atoms with E-state index in [2.05, 4.69) is 22.3 Å². The molecule has 0 radical (unpaired) electrons. The summed E-state index contributed by atoms with van der Waals surface area (Å²) in [6.45, 7) is 5.29. The Morgan fingerprint density at radius 2 is 1.90 bits per heavy atom. The Bertz CT molecular complexity index is 585. The highest BCUT2D eigenvalue weighted by atomic mass is 32.2. The molecular weight excluding hydrogens is 290 g/mol. The highest BCUT2D eigenvalue weighted by molar-refractivity contribution is 7.88. The van der Waals surface area contributed by atoms with E-state index in [9.17, 15) is 13.2 Å². The van der Waals surface area contributed by atoms with E-state index >= 15 is 0 Å². The van der Waals surface area contributed by atoms with Gasteiger partial charge in [0.1, 0.15) is 0 Å². The van der Waals surface area contributed by atoms with Crippen molar-refractivity contribution in [3.8, 4) is 0 Å². The number of sulfonamides is 1. The Balaban J connectivity index is 2.54. The Hall–Kier alpha value is -1.60. The molecule has 1 aromatic carbocycles. The molecule has 1 rings (SSSR count). The zero-order chi connectivity index (χ0) is 15.9.